The minimum absolute atomic E-state index is 0. The Morgan fingerprint density at radius 1 is 1.27 bits per heavy atom. The Balaban J connectivity index is 0.00000176. The highest BCUT2D eigenvalue weighted by Gasteiger charge is 2.42. The molecule has 0 saturated carbocycles. The molecule has 2 aliphatic rings. The fraction of sp³-hybridized carbons (Fsp3) is 0.500. The second kappa shape index (κ2) is 5.96. The first kappa shape index (κ1) is 16.9. The SMILES string of the molecule is Cl.O=C(c1cc(F)c(F)c(O)c1F)N1CCC2(CCNC2)C1. The Bertz CT molecular complexity index is 606. The maximum Gasteiger partial charge on any atom is 0.257 e. The van der Waals surface area contributed by atoms with Crippen molar-refractivity contribution < 1.29 is 23.1 Å². The van der Waals surface area contributed by atoms with Crippen LogP contribution in [0.15, 0.2) is 6.07 Å². The van der Waals surface area contributed by atoms with Crippen LogP contribution in [0.5, 0.6) is 5.75 Å². The summed E-state index contributed by atoms with van der Waals surface area (Å²) in [6.45, 7) is 2.57. The fourth-order valence-electron chi connectivity index (χ4n) is 3.17. The zero-order valence-corrected chi connectivity index (χ0v) is 12.5. The van der Waals surface area contributed by atoms with Gasteiger partial charge in [0, 0.05) is 25.0 Å². The number of phenolic OH excluding ortho intramolecular Hbond substituents is 1. The van der Waals surface area contributed by atoms with Gasteiger partial charge < -0.3 is 15.3 Å². The first-order chi connectivity index (χ1) is 9.93. The number of rotatable bonds is 1. The summed E-state index contributed by atoms with van der Waals surface area (Å²) in [5.41, 5.74) is -0.637. The molecule has 0 aliphatic carbocycles. The van der Waals surface area contributed by atoms with E-state index in [-0.39, 0.29) is 17.8 Å². The van der Waals surface area contributed by atoms with E-state index < -0.39 is 34.7 Å². The predicted octanol–water partition coefficient (Wildman–Crippen LogP) is 2.06. The molecule has 3 rings (SSSR count). The maximum atomic E-state index is 13.8. The fourth-order valence-corrected chi connectivity index (χ4v) is 3.17. The zero-order chi connectivity index (χ0) is 15.2. The molecule has 2 heterocycles. The number of nitrogens with zero attached hydrogens (tertiary/aromatic N) is 1. The summed E-state index contributed by atoms with van der Waals surface area (Å²) in [5, 5.41) is 12.4. The molecule has 2 saturated heterocycles. The van der Waals surface area contributed by atoms with Gasteiger partial charge in [-0.3, -0.25) is 4.79 Å². The van der Waals surface area contributed by atoms with Crippen molar-refractivity contribution in [2.45, 2.75) is 12.8 Å². The summed E-state index contributed by atoms with van der Waals surface area (Å²) in [4.78, 5) is 13.7. The molecular weight excluding hydrogens is 321 g/mol. The average molecular weight is 337 g/mol. The van der Waals surface area contributed by atoms with Gasteiger partial charge in [0.2, 0.25) is 5.82 Å². The second-order valence-electron chi connectivity index (χ2n) is 5.79. The smallest absolute Gasteiger partial charge is 0.257 e. The summed E-state index contributed by atoms with van der Waals surface area (Å²) in [5.74, 6) is -6.69. The van der Waals surface area contributed by atoms with Crippen molar-refractivity contribution in [3.05, 3.63) is 29.1 Å². The van der Waals surface area contributed by atoms with Gasteiger partial charge in [-0.05, 0) is 25.5 Å². The van der Waals surface area contributed by atoms with E-state index in [1.807, 2.05) is 0 Å². The zero-order valence-electron chi connectivity index (χ0n) is 11.7. The first-order valence-electron chi connectivity index (χ1n) is 6.80. The van der Waals surface area contributed by atoms with Crippen LogP contribution in [0.1, 0.15) is 23.2 Å². The molecule has 1 spiro atoms. The Morgan fingerprint density at radius 2 is 2.00 bits per heavy atom. The van der Waals surface area contributed by atoms with Gasteiger partial charge >= 0.3 is 0 Å². The van der Waals surface area contributed by atoms with Crippen LogP contribution in [0.25, 0.3) is 0 Å². The van der Waals surface area contributed by atoms with E-state index in [9.17, 15) is 23.1 Å². The summed E-state index contributed by atoms with van der Waals surface area (Å²) in [6.07, 6.45) is 1.73. The molecule has 1 aromatic carbocycles. The normalized spacial score (nSPS) is 23.9. The molecule has 2 N–H and O–H groups in total. The molecule has 0 aromatic heterocycles. The third-order valence-electron chi connectivity index (χ3n) is 4.42. The number of halogens is 4. The summed E-state index contributed by atoms with van der Waals surface area (Å²) >= 11 is 0. The number of carbonyl (C=O) groups excluding carboxylic acids is 1. The molecule has 1 unspecified atom stereocenters. The molecule has 1 atom stereocenters. The van der Waals surface area contributed by atoms with E-state index in [0.717, 1.165) is 25.9 Å². The molecule has 0 radical (unpaired) electrons. The number of phenols is 1. The Labute approximate surface area is 131 Å². The van der Waals surface area contributed by atoms with E-state index in [1.165, 1.54) is 4.90 Å². The largest absolute Gasteiger partial charge is 0.503 e. The molecule has 1 amide bonds. The maximum absolute atomic E-state index is 13.8. The van der Waals surface area contributed by atoms with Crippen LogP contribution in [-0.4, -0.2) is 42.1 Å². The number of likely N-dealkylation sites (tertiary alicyclic amines) is 1. The highest BCUT2D eigenvalue weighted by Crippen LogP contribution is 2.37. The third kappa shape index (κ3) is 2.63. The van der Waals surface area contributed by atoms with Gasteiger partial charge in [0.15, 0.2) is 17.4 Å². The predicted molar refractivity (Wildman–Crippen MR) is 75.7 cm³/mol. The van der Waals surface area contributed by atoms with Gasteiger partial charge in [-0.1, -0.05) is 0 Å². The number of nitrogens with one attached hydrogen (secondary N) is 1. The molecular formula is C14H16ClF3N2O2. The van der Waals surface area contributed by atoms with Crippen molar-refractivity contribution in [1.29, 1.82) is 0 Å². The van der Waals surface area contributed by atoms with Crippen LogP contribution in [0.3, 0.4) is 0 Å². The molecule has 22 heavy (non-hydrogen) atoms. The van der Waals surface area contributed by atoms with Gasteiger partial charge in [0.25, 0.3) is 5.91 Å². The van der Waals surface area contributed by atoms with E-state index >= 15 is 0 Å². The third-order valence-corrected chi connectivity index (χ3v) is 4.42. The van der Waals surface area contributed by atoms with Crippen LogP contribution in [0.2, 0.25) is 0 Å². The highest BCUT2D eigenvalue weighted by molar-refractivity contribution is 5.95. The minimum Gasteiger partial charge on any atom is -0.503 e. The lowest BCUT2D eigenvalue weighted by Crippen LogP contribution is -2.33. The summed E-state index contributed by atoms with van der Waals surface area (Å²) < 4.78 is 40.1. The standard InChI is InChI=1S/C14H15F3N2O2.ClH/c15-9-5-8(10(16)12(20)11(9)17)13(21)19-4-2-14(7-19)1-3-18-6-14;/h5,18,20H,1-4,6-7H2;1H. The van der Waals surface area contributed by atoms with Crippen LogP contribution >= 0.6 is 12.4 Å². The molecule has 2 fully saturated rings. The van der Waals surface area contributed by atoms with Gasteiger partial charge in [0.1, 0.15) is 0 Å². The van der Waals surface area contributed by atoms with Gasteiger partial charge in [-0.2, -0.15) is 4.39 Å². The number of amides is 1. The van der Waals surface area contributed by atoms with Gasteiger partial charge in [0.05, 0.1) is 5.56 Å². The number of aromatic hydroxyl groups is 1. The number of hydrogen-bond acceptors (Lipinski definition) is 3. The average Bonchev–Trinajstić information content (AvgIpc) is 3.10. The number of carbonyl (C=O) groups is 1. The van der Waals surface area contributed by atoms with E-state index in [1.54, 1.807) is 0 Å². The Morgan fingerprint density at radius 3 is 2.64 bits per heavy atom. The number of benzene rings is 1. The van der Waals surface area contributed by atoms with Crippen LogP contribution in [0.4, 0.5) is 13.2 Å². The topological polar surface area (TPSA) is 52.6 Å². The minimum atomic E-state index is -1.68. The lowest BCUT2D eigenvalue weighted by atomic mass is 9.86. The lowest BCUT2D eigenvalue weighted by Gasteiger charge is -2.23. The van der Waals surface area contributed by atoms with Crippen molar-refractivity contribution in [3.8, 4) is 5.75 Å². The highest BCUT2D eigenvalue weighted by atomic mass is 35.5. The van der Waals surface area contributed by atoms with Crippen LogP contribution in [0, 0.1) is 22.9 Å². The summed E-state index contributed by atoms with van der Waals surface area (Å²) in [7, 11) is 0. The van der Waals surface area contributed by atoms with Crippen LogP contribution in [-0.2, 0) is 0 Å². The van der Waals surface area contributed by atoms with Crippen molar-refractivity contribution in [2.24, 2.45) is 5.41 Å². The number of hydrogen-bond donors (Lipinski definition) is 2. The monoisotopic (exact) mass is 336 g/mol. The molecule has 2 aliphatic heterocycles. The van der Waals surface area contributed by atoms with Crippen LogP contribution < -0.4 is 5.32 Å². The molecule has 1 aromatic rings. The molecule has 0 bridgehead atoms. The summed E-state index contributed by atoms with van der Waals surface area (Å²) in [6, 6.07) is 0.505. The van der Waals surface area contributed by atoms with Gasteiger partial charge in [-0.15, -0.1) is 12.4 Å². The van der Waals surface area contributed by atoms with E-state index in [0.29, 0.717) is 19.2 Å². The molecule has 122 valence electrons. The quantitative estimate of drug-likeness (QED) is 0.772. The van der Waals surface area contributed by atoms with Crippen molar-refractivity contribution in [1.82, 2.24) is 10.2 Å². The lowest BCUT2D eigenvalue weighted by molar-refractivity contribution is 0.0769. The van der Waals surface area contributed by atoms with Gasteiger partial charge in [-0.25, -0.2) is 8.78 Å². The first-order valence-corrected chi connectivity index (χ1v) is 6.80. The van der Waals surface area contributed by atoms with E-state index in [4.69, 9.17) is 0 Å². The molecule has 8 heteroatoms. The van der Waals surface area contributed by atoms with E-state index in [2.05, 4.69) is 5.32 Å². The Hall–Kier alpha value is -1.47. The second-order valence-corrected chi connectivity index (χ2v) is 5.79. The Kier molecular flexibility index (Phi) is 4.58. The van der Waals surface area contributed by atoms with Crippen molar-refractivity contribution in [3.63, 3.8) is 0 Å². The van der Waals surface area contributed by atoms with Crippen molar-refractivity contribution in [2.75, 3.05) is 26.2 Å². The van der Waals surface area contributed by atoms with Crippen molar-refractivity contribution >= 4 is 18.3 Å². The molecule has 4 nitrogen and oxygen atoms in total.